The first-order chi connectivity index (χ1) is 14.9. The lowest BCUT2D eigenvalue weighted by molar-refractivity contribution is 0.503. The van der Waals surface area contributed by atoms with Crippen LogP contribution >= 0.6 is 0 Å². The number of nitrogens with zero attached hydrogens (tertiary/aromatic N) is 1. The average molecular weight is 413 g/mol. The van der Waals surface area contributed by atoms with Gasteiger partial charge in [0.25, 0.3) is 0 Å². The summed E-state index contributed by atoms with van der Waals surface area (Å²) in [6.45, 7) is 7.55. The molecule has 4 heteroatoms. The molecule has 0 atom stereocenters. The SMILES string of the molecule is CC(C)(C)Nc1oc(=O)c2ccccc2c1N(Cc1ccccc1)Cc1ccccc1. The molecular formula is C27H28N2O2. The second-order valence-corrected chi connectivity index (χ2v) is 8.82. The zero-order valence-corrected chi connectivity index (χ0v) is 18.3. The number of hydrogen-bond donors (Lipinski definition) is 1. The van der Waals surface area contributed by atoms with Gasteiger partial charge in [-0.3, -0.25) is 0 Å². The van der Waals surface area contributed by atoms with Crippen LogP contribution in [-0.2, 0) is 13.1 Å². The monoisotopic (exact) mass is 412 g/mol. The number of hydrogen-bond acceptors (Lipinski definition) is 4. The van der Waals surface area contributed by atoms with Crippen molar-refractivity contribution in [3.8, 4) is 0 Å². The highest BCUT2D eigenvalue weighted by Crippen LogP contribution is 2.36. The van der Waals surface area contributed by atoms with E-state index in [1.54, 1.807) is 0 Å². The Morgan fingerprint density at radius 1 is 0.742 bits per heavy atom. The van der Waals surface area contributed by atoms with Gasteiger partial charge in [0.2, 0.25) is 5.88 Å². The summed E-state index contributed by atoms with van der Waals surface area (Å²) in [5.74, 6) is 0.503. The van der Waals surface area contributed by atoms with Gasteiger partial charge in [-0.1, -0.05) is 78.9 Å². The van der Waals surface area contributed by atoms with Gasteiger partial charge < -0.3 is 14.6 Å². The highest BCUT2D eigenvalue weighted by Gasteiger charge is 2.23. The molecule has 0 bridgehead atoms. The van der Waals surface area contributed by atoms with Gasteiger partial charge in [-0.25, -0.2) is 4.79 Å². The summed E-state index contributed by atoms with van der Waals surface area (Å²) in [5.41, 5.74) is 2.69. The first-order valence-electron chi connectivity index (χ1n) is 10.6. The van der Waals surface area contributed by atoms with E-state index in [4.69, 9.17) is 4.42 Å². The molecule has 0 aliphatic carbocycles. The Kier molecular flexibility index (Phi) is 5.81. The standard InChI is InChI=1S/C27H28N2O2/c1-27(2,3)28-25-24(22-16-10-11-17-23(22)26(30)31-25)29(18-20-12-6-4-7-13-20)19-21-14-8-5-9-15-21/h4-17,28H,18-19H2,1-3H3. The molecule has 4 rings (SSSR count). The Morgan fingerprint density at radius 2 is 1.23 bits per heavy atom. The summed E-state index contributed by atoms with van der Waals surface area (Å²) in [7, 11) is 0. The van der Waals surface area contributed by atoms with Crippen LogP contribution in [-0.4, -0.2) is 5.54 Å². The van der Waals surface area contributed by atoms with Crippen molar-refractivity contribution in [2.24, 2.45) is 0 Å². The van der Waals surface area contributed by atoms with Crippen molar-refractivity contribution in [1.29, 1.82) is 0 Å². The van der Waals surface area contributed by atoms with Gasteiger partial charge in [-0.15, -0.1) is 0 Å². The zero-order valence-electron chi connectivity index (χ0n) is 18.3. The lowest BCUT2D eigenvalue weighted by Gasteiger charge is -2.30. The van der Waals surface area contributed by atoms with E-state index in [1.807, 2.05) is 60.7 Å². The van der Waals surface area contributed by atoms with Gasteiger partial charge >= 0.3 is 5.63 Å². The molecule has 1 aromatic heterocycles. The maximum atomic E-state index is 12.8. The number of benzene rings is 3. The van der Waals surface area contributed by atoms with Crippen molar-refractivity contribution in [2.45, 2.75) is 39.4 Å². The molecule has 3 aromatic carbocycles. The maximum absolute atomic E-state index is 12.8. The van der Waals surface area contributed by atoms with Crippen molar-refractivity contribution < 1.29 is 4.42 Å². The van der Waals surface area contributed by atoms with Crippen LogP contribution in [0.1, 0.15) is 31.9 Å². The summed E-state index contributed by atoms with van der Waals surface area (Å²) in [4.78, 5) is 15.0. The lowest BCUT2D eigenvalue weighted by atomic mass is 10.1. The van der Waals surface area contributed by atoms with E-state index in [9.17, 15) is 4.79 Å². The van der Waals surface area contributed by atoms with Crippen LogP contribution in [0.4, 0.5) is 11.6 Å². The Morgan fingerprint density at radius 3 is 1.74 bits per heavy atom. The fourth-order valence-corrected chi connectivity index (χ4v) is 3.75. The summed E-state index contributed by atoms with van der Waals surface area (Å²) in [6, 6.07) is 28.4. The molecule has 0 radical (unpaired) electrons. The van der Waals surface area contributed by atoms with Crippen LogP contribution in [0.5, 0.6) is 0 Å². The van der Waals surface area contributed by atoms with Gasteiger partial charge in [0.15, 0.2) is 0 Å². The van der Waals surface area contributed by atoms with Crippen molar-refractivity contribution in [3.05, 3.63) is 106 Å². The molecule has 0 spiro atoms. The maximum Gasteiger partial charge on any atom is 0.345 e. The molecule has 0 amide bonds. The molecular weight excluding hydrogens is 384 g/mol. The van der Waals surface area contributed by atoms with E-state index in [1.165, 1.54) is 11.1 Å². The molecule has 0 aliphatic rings. The fraction of sp³-hybridized carbons (Fsp3) is 0.222. The minimum Gasteiger partial charge on any atom is -0.404 e. The summed E-state index contributed by atoms with van der Waals surface area (Å²) in [6.07, 6.45) is 0. The van der Waals surface area contributed by atoms with E-state index >= 15 is 0 Å². The molecule has 158 valence electrons. The largest absolute Gasteiger partial charge is 0.404 e. The Hall–Kier alpha value is -3.53. The van der Waals surface area contributed by atoms with Crippen LogP contribution in [0.2, 0.25) is 0 Å². The van der Waals surface area contributed by atoms with Gasteiger partial charge in [0, 0.05) is 24.0 Å². The third-order valence-corrected chi connectivity index (χ3v) is 5.05. The topological polar surface area (TPSA) is 45.5 Å². The molecule has 1 heterocycles. The second-order valence-electron chi connectivity index (χ2n) is 8.82. The Labute approximate surface area is 183 Å². The van der Waals surface area contributed by atoms with E-state index in [0.29, 0.717) is 24.4 Å². The predicted molar refractivity (Wildman–Crippen MR) is 129 cm³/mol. The summed E-state index contributed by atoms with van der Waals surface area (Å²) >= 11 is 0. The van der Waals surface area contributed by atoms with Gasteiger partial charge in [0.05, 0.1) is 5.39 Å². The molecule has 31 heavy (non-hydrogen) atoms. The van der Waals surface area contributed by atoms with E-state index in [2.05, 4.69) is 55.3 Å². The van der Waals surface area contributed by atoms with Gasteiger partial charge in [0.1, 0.15) is 5.69 Å². The van der Waals surface area contributed by atoms with Gasteiger partial charge in [-0.05, 0) is 38.0 Å². The predicted octanol–water partition coefficient (Wildman–Crippen LogP) is 6.21. The second kappa shape index (κ2) is 8.68. The molecule has 0 saturated heterocycles. The minimum atomic E-state index is -0.328. The third-order valence-electron chi connectivity index (χ3n) is 5.05. The molecule has 1 N–H and O–H groups in total. The van der Waals surface area contributed by atoms with Crippen LogP contribution in [0.25, 0.3) is 10.8 Å². The van der Waals surface area contributed by atoms with Crippen molar-refractivity contribution in [1.82, 2.24) is 0 Å². The van der Waals surface area contributed by atoms with Crippen molar-refractivity contribution in [3.63, 3.8) is 0 Å². The highest BCUT2D eigenvalue weighted by atomic mass is 16.4. The molecule has 0 aliphatic heterocycles. The summed E-state index contributed by atoms with van der Waals surface area (Å²) < 4.78 is 5.85. The number of anilines is 2. The quantitative estimate of drug-likeness (QED) is 0.409. The minimum absolute atomic E-state index is 0.266. The zero-order chi connectivity index (χ0) is 21.8. The van der Waals surface area contributed by atoms with E-state index in [0.717, 1.165) is 11.1 Å². The van der Waals surface area contributed by atoms with Crippen molar-refractivity contribution >= 4 is 22.3 Å². The average Bonchev–Trinajstić information content (AvgIpc) is 2.74. The molecule has 4 nitrogen and oxygen atoms in total. The number of fused-ring (bicyclic) bond motifs is 1. The number of rotatable bonds is 6. The Bertz CT molecular complexity index is 1170. The fourth-order valence-electron chi connectivity index (χ4n) is 3.75. The lowest BCUT2D eigenvalue weighted by Crippen LogP contribution is -2.30. The van der Waals surface area contributed by atoms with Crippen LogP contribution < -0.4 is 15.8 Å². The Balaban J connectivity index is 1.91. The molecule has 4 aromatic rings. The van der Waals surface area contributed by atoms with E-state index < -0.39 is 0 Å². The van der Waals surface area contributed by atoms with Gasteiger partial charge in [-0.2, -0.15) is 0 Å². The first-order valence-corrected chi connectivity index (χ1v) is 10.6. The molecule has 0 fully saturated rings. The van der Waals surface area contributed by atoms with Crippen molar-refractivity contribution in [2.75, 3.05) is 10.2 Å². The van der Waals surface area contributed by atoms with Crippen LogP contribution in [0.15, 0.2) is 94.1 Å². The third kappa shape index (κ3) is 4.97. The molecule has 0 unspecified atom stereocenters. The van der Waals surface area contributed by atoms with E-state index in [-0.39, 0.29) is 11.2 Å². The number of nitrogens with one attached hydrogen (secondary N) is 1. The normalized spacial score (nSPS) is 11.5. The van der Waals surface area contributed by atoms with Crippen LogP contribution in [0, 0.1) is 0 Å². The summed E-state index contributed by atoms with van der Waals surface area (Å²) in [5, 5.41) is 4.90. The first kappa shape index (κ1) is 20.7. The molecule has 0 saturated carbocycles. The van der Waals surface area contributed by atoms with Crippen LogP contribution in [0.3, 0.4) is 0 Å². The highest BCUT2D eigenvalue weighted by molar-refractivity contribution is 5.98. The smallest absolute Gasteiger partial charge is 0.345 e.